The van der Waals surface area contributed by atoms with E-state index in [1.54, 1.807) is 0 Å². The van der Waals surface area contributed by atoms with Crippen molar-refractivity contribution in [3.63, 3.8) is 0 Å². The van der Waals surface area contributed by atoms with Gasteiger partial charge in [0.2, 0.25) is 0 Å². The molecule has 2 aliphatic rings. The lowest BCUT2D eigenvalue weighted by Crippen LogP contribution is -1.97. The van der Waals surface area contributed by atoms with Gasteiger partial charge >= 0.3 is 0 Å². The van der Waals surface area contributed by atoms with Crippen LogP contribution in [0.4, 0.5) is 0 Å². The molecule has 1 heteroatoms. The van der Waals surface area contributed by atoms with Crippen LogP contribution in [0, 0.1) is 0 Å². The largest absolute Gasteiger partial charge is 0.373 e. The van der Waals surface area contributed by atoms with Crippen molar-refractivity contribution < 1.29 is 4.74 Å². The number of hydrogen-bond acceptors (Lipinski definition) is 1. The summed E-state index contributed by atoms with van der Waals surface area (Å²) in [6, 6.07) is 15.4. The number of ether oxygens (including phenoxy) is 1. The standard InChI is InChI=1S/C16H14O/c1-2-6-14-12(4-1)9-16-11(8-13-10-17-13)5-3-7-15(14)16/h1-7,13H,8-10H2. The maximum atomic E-state index is 5.35. The first kappa shape index (κ1) is 9.43. The maximum Gasteiger partial charge on any atom is 0.0850 e. The van der Waals surface area contributed by atoms with Crippen molar-refractivity contribution in [3.05, 3.63) is 59.2 Å². The molecule has 1 saturated heterocycles. The Hall–Kier alpha value is -1.60. The van der Waals surface area contributed by atoms with Gasteiger partial charge in [-0.3, -0.25) is 0 Å². The van der Waals surface area contributed by atoms with Crippen LogP contribution in [0.5, 0.6) is 0 Å². The van der Waals surface area contributed by atoms with Crippen LogP contribution in [-0.2, 0) is 17.6 Å². The van der Waals surface area contributed by atoms with E-state index in [0.717, 1.165) is 19.4 Å². The molecule has 1 aliphatic carbocycles. The molecular weight excluding hydrogens is 208 g/mol. The molecule has 2 aromatic rings. The second kappa shape index (κ2) is 3.44. The molecule has 17 heavy (non-hydrogen) atoms. The van der Waals surface area contributed by atoms with E-state index in [0.29, 0.717) is 6.10 Å². The summed E-state index contributed by atoms with van der Waals surface area (Å²) >= 11 is 0. The third kappa shape index (κ3) is 1.50. The van der Waals surface area contributed by atoms with Crippen molar-refractivity contribution >= 4 is 0 Å². The number of hydrogen-bond donors (Lipinski definition) is 0. The van der Waals surface area contributed by atoms with E-state index in [1.807, 2.05) is 0 Å². The summed E-state index contributed by atoms with van der Waals surface area (Å²) in [4.78, 5) is 0. The van der Waals surface area contributed by atoms with Gasteiger partial charge in [0.25, 0.3) is 0 Å². The van der Waals surface area contributed by atoms with Crippen LogP contribution in [0.3, 0.4) is 0 Å². The zero-order valence-electron chi connectivity index (χ0n) is 9.65. The lowest BCUT2D eigenvalue weighted by Gasteiger charge is -2.06. The highest BCUT2D eigenvalue weighted by molar-refractivity contribution is 5.77. The van der Waals surface area contributed by atoms with Crippen LogP contribution in [0.1, 0.15) is 16.7 Å². The number of epoxide rings is 1. The Morgan fingerprint density at radius 3 is 2.71 bits per heavy atom. The monoisotopic (exact) mass is 222 g/mol. The summed E-state index contributed by atoms with van der Waals surface area (Å²) in [7, 11) is 0. The molecular formula is C16H14O. The molecule has 0 aromatic heterocycles. The highest BCUT2D eigenvalue weighted by Crippen LogP contribution is 2.38. The third-order valence-corrected chi connectivity index (χ3v) is 3.80. The fourth-order valence-electron chi connectivity index (χ4n) is 2.85. The smallest absolute Gasteiger partial charge is 0.0850 e. The SMILES string of the molecule is c1ccc2c(c1)Cc1c(CC3CO3)cccc1-2. The first-order valence-electron chi connectivity index (χ1n) is 6.22. The predicted molar refractivity (Wildman–Crippen MR) is 68.1 cm³/mol. The molecule has 0 N–H and O–H groups in total. The average molecular weight is 222 g/mol. The maximum absolute atomic E-state index is 5.35. The molecule has 0 radical (unpaired) electrons. The van der Waals surface area contributed by atoms with Gasteiger partial charge < -0.3 is 4.74 Å². The van der Waals surface area contributed by atoms with E-state index in [4.69, 9.17) is 4.74 Å². The molecule has 0 spiro atoms. The first-order valence-corrected chi connectivity index (χ1v) is 6.22. The summed E-state index contributed by atoms with van der Waals surface area (Å²) in [5.74, 6) is 0. The zero-order valence-corrected chi connectivity index (χ0v) is 9.65. The third-order valence-electron chi connectivity index (χ3n) is 3.80. The van der Waals surface area contributed by atoms with E-state index in [-0.39, 0.29) is 0 Å². The summed E-state index contributed by atoms with van der Waals surface area (Å²) in [6.07, 6.45) is 2.65. The molecule has 1 fully saturated rings. The Kier molecular flexibility index (Phi) is 1.91. The fraction of sp³-hybridized carbons (Fsp3) is 0.250. The fourth-order valence-corrected chi connectivity index (χ4v) is 2.85. The number of fused-ring (bicyclic) bond motifs is 3. The summed E-state index contributed by atoms with van der Waals surface area (Å²) < 4.78 is 5.35. The molecule has 0 saturated carbocycles. The summed E-state index contributed by atoms with van der Waals surface area (Å²) in [5.41, 5.74) is 7.30. The number of rotatable bonds is 2. The van der Waals surface area contributed by atoms with Gasteiger partial charge in [0.05, 0.1) is 12.7 Å². The van der Waals surface area contributed by atoms with Gasteiger partial charge in [-0.1, -0.05) is 42.5 Å². The first-order chi connectivity index (χ1) is 8.42. The molecule has 2 aromatic carbocycles. The zero-order chi connectivity index (χ0) is 11.2. The quantitative estimate of drug-likeness (QED) is 0.607. The lowest BCUT2D eigenvalue weighted by molar-refractivity contribution is 0.407. The molecule has 1 atom stereocenters. The average Bonchev–Trinajstić information content (AvgIpc) is 3.08. The van der Waals surface area contributed by atoms with E-state index in [2.05, 4.69) is 42.5 Å². The van der Waals surface area contributed by atoms with Gasteiger partial charge in [-0.25, -0.2) is 0 Å². The molecule has 0 amide bonds. The molecule has 84 valence electrons. The van der Waals surface area contributed by atoms with Gasteiger partial charge in [0, 0.05) is 6.42 Å². The van der Waals surface area contributed by atoms with Crippen molar-refractivity contribution in [2.45, 2.75) is 18.9 Å². The molecule has 1 nitrogen and oxygen atoms in total. The Morgan fingerprint density at radius 1 is 1.00 bits per heavy atom. The summed E-state index contributed by atoms with van der Waals surface area (Å²) in [6.45, 7) is 0.941. The molecule has 1 heterocycles. The van der Waals surface area contributed by atoms with Crippen molar-refractivity contribution in [1.29, 1.82) is 0 Å². The highest BCUT2D eigenvalue weighted by Gasteiger charge is 2.26. The Labute approximate surface area is 101 Å². The summed E-state index contributed by atoms with van der Waals surface area (Å²) in [5, 5.41) is 0. The minimum Gasteiger partial charge on any atom is -0.373 e. The van der Waals surface area contributed by atoms with Crippen LogP contribution in [0.25, 0.3) is 11.1 Å². The molecule has 1 aliphatic heterocycles. The lowest BCUT2D eigenvalue weighted by atomic mass is 9.98. The highest BCUT2D eigenvalue weighted by atomic mass is 16.6. The van der Waals surface area contributed by atoms with E-state index < -0.39 is 0 Å². The molecule has 0 bridgehead atoms. The minimum absolute atomic E-state index is 0.477. The Bertz CT molecular complexity index is 582. The number of benzene rings is 2. The van der Waals surface area contributed by atoms with Crippen molar-refractivity contribution in [3.8, 4) is 11.1 Å². The van der Waals surface area contributed by atoms with E-state index in [1.165, 1.54) is 27.8 Å². The van der Waals surface area contributed by atoms with Crippen molar-refractivity contribution in [2.24, 2.45) is 0 Å². The van der Waals surface area contributed by atoms with Crippen LogP contribution in [-0.4, -0.2) is 12.7 Å². The van der Waals surface area contributed by atoms with Crippen LogP contribution >= 0.6 is 0 Å². The Morgan fingerprint density at radius 2 is 1.82 bits per heavy atom. The minimum atomic E-state index is 0.477. The van der Waals surface area contributed by atoms with Crippen molar-refractivity contribution in [2.75, 3.05) is 6.61 Å². The van der Waals surface area contributed by atoms with E-state index >= 15 is 0 Å². The van der Waals surface area contributed by atoms with Crippen molar-refractivity contribution in [1.82, 2.24) is 0 Å². The Balaban J connectivity index is 1.83. The van der Waals surface area contributed by atoms with Gasteiger partial charge in [-0.15, -0.1) is 0 Å². The molecule has 1 unspecified atom stereocenters. The van der Waals surface area contributed by atoms with Gasteiger partial charge in [-0.2, -0.15) is 0 Å². The normalized spacial score (nSPS) is 19.9. The topological polar surface area (TPSA) is 12.5 Å². The van der Waals surface area contributed by atoms with Gasteiger partial charge in [-0.05, 0) is 34.2 Å². The van der Waals surface area contributed by atoms with Gasteiger partial charge in [0.15, 0.2) is 0 Å². The van der Waals surface area contributed by atoms with Crippen LogP contribution in [0.2, 0.25) is 0 Å². The van der Waals surface area contributed by atoms with Gasteiger partial charge in [0.1, 0.15) is 0 Å². The van der Waals surface area contributed by atoms with E-state index in [9.17, 15) is 0 Å². The second-order valence-electron chi connectivity index (χ2n) is 4.94. The predicted octanol–water partition coefficient (Wildman–Crippen LogP) is 3.20. The second-order valence-corrected chi connectivity index (χ2v) is 4.94. The van der Waals surface area contributed by atoms with Crippen LogP contribution in [0.15, 0.2) is 42.5 Å². The van der Waals surface area contributed by atoms with Crippen LogP contribution < -0.4 is 0 Å². The molecule has 4 rings (SSSR count).